The van der Waals surface area contributed by atoms with Crippen LogP contribution in [0.3, 0.4) is 0 Å². The molecule has 4 rings (SSSR count). The standard InChI is InChI=1S/C25H25N5O4/c1-3-17(26-23(31)14-22-19-6-4-5-7-20(19)25(33)28-27-22)15-30-24(32)13-12-21(29-30)16-8-10-18(34-2)11-9-16/h4-13,17H,3,14-15H2,1-2H3,(H,26,31)(H,28,33)/t17-/m1/s1. The SMILES string of the molecule is CC[C@H](Cn1nc(-c2ccc(OC)cc2)ccc1=O)NC(=O)Cc1n[nH]c(=O)c2ccccc12. The highest BCUT2D eigenvalue weighted by molar-refractivity contribution is 5.88. The van der Waals surface area contributed by atoms with Gasteiger partial charge in [0.05, 0.1) is 36.8 Å². The molecule has 0 unspecified atom stereocenters. The van der Waals surface area contributed by atoms with Gasteiger partial charge in [-0.05, 0) is 42.8 Å². The molecule has 4 aromatic rings. The number of fused-ring (bicyclic) bond motifs is 1. The summed E-state index contributed by atoms with van der Waals surface area (Å²) in [6.45, 7) is 2.15. The topological polar surface area (TPSA) is 119 Å². The molecule has 1 atom stereocenters. The summed E-state index contributed by atoms with van der Waals surface area (Å²) in [6, 6.07) is 17.3. The highest BCUT2D eigenvalue weighted by Gasteiger charge is 2.16. The maximum Gasteiger partial charge on any atom is 0.272 e. The molecule has 0 saturated heterocycles. The summed E-state index contributed by atoms with van der Waals surface area (Å²) in [5, 5.41) is 15.1. The summed E-state index contributed by atoms with van der Waals surface area (Å²) < 4.78 is 6.55. The van der Waals surface area contributed by atoms with E-state index in [0.717, 1.165) is 11.3 Å². The number of benzene rings is 2. The van der Waals surface area contributed by atoms with Gasteiger partial charge in [-0.2, -0.15) is 10.2 Å². The van der Waals surface area contributed by atoms with E-state index in [0.29, 0.717) is 28.6 Å². The smallest absolute Gasteiger partial charge is 0.272 e. The number of H-pyrrole nitrogens is 1. The van der Waals surface area contributed by atoms with Crippen LogP contribution in [0, 0.1) is 0 Å². The average molecular weight is 460 g/mol. The number of nitrogens with one attached hydrogen (secondary N) is 2. The molecule has 34 heavy (non-hydrogen) atoms. The molecule has 0 aliphatic carbocycles. The van der Waals surface area contributed by atoms with Crippen LogP contribution < -0.4 is 21.2 Å². The minimum Gasteiger partial charge on any atom is -0.497 e. The number of carbonyl (C=O) groups excluding carboxylic acids is 1. The van der Waals surface area contributed by atoms with Crippen LogP contribution in [0.25, 0.3) is 22.0 Å². The molecule has 2 aromatic heterocycles. The number of methoxy groups -OCH3 is 1. The van der Waals surface area contributed by atoms with Crippen LogP contribution in [-0.4, -0.2) is 39.0 Å². The summed E-state index contributed by atoms with van der Waals surface area (Å²) in [5.74, 6) is 0.478. The molecule has 0 spiro atoms. The van der Waals surface area contributed by atoms with Gasteiger partial charge in [0.15, 0.2) is 0 Å². The van der Waals surface area contributed by atoms with Gasteiger partial charge >= 0.3 is 0 Å². The van der Waals surface area contributed by atoms with Gasteiger partial charge in [-0.15, -0.1) is 0 Å². The molecule has 174 valence electrons. The number of hydrogen-bond donors (Lipinski definition) is 2. The first-order valence-corrected chi connectivity index (χ1v) is 11.0. The lowest BCUT2D eigenvalue weighted by atomic mass is 10.1. The lowest BCUT2D eigenvalue weighted by Gasteiger charge is -2.18. The van der Waals surface area contributed by atoms with E-state index in [1.165, 1.54) is 10.7 Å². The molecule has 0 bridgehead atoms. The van der Waals surface area contributed by atoms with Crippen LogP contribution in [0.1, 0.15) is 19.0 Å². The molecule has 0 fully saturated rings. The fourth-order valence-corrected chi connectivity index (χ4v) is 3.72. The number of nitrogens with zero attached hydrogens (tertiary/aromatic N) is 3. The van der Waals surface area contributed by atoms with E-state index in [1.807, 2.05) is 31.2 Å². The second-order valence-corrected chi connectivity index (χ2v) is 7.86. The minimum absolute atomic E-state index is 0.00199. The van der Waals surface area contributed by atoms with Crippen LogP contribution in [0.15, 0.2) is 70.3 Å². The maximum atomic E-state index is 12.8. The predicted octanol–water partition coefficient (Wildman–Crippen LogP) is 2.29. The average Bonchev–Trinajstić information content (AvgIpc) is 2.87. The lowest BCUT2D eigenvalue weighted by Crippen LogP contribution is -2.41. The van der Waals surface area contributed by atoms with Gasteiger partial charge in [-0.25, -0.2) is 9.78 Å². The van der Waals surface area contributed by atoms with Gasteiger partial charge in [0.1, 0.15) is 5.75 Å². The first-order valence-electron chi connectivity index (χ1n) is 11.0. The molecule has 0 radical (unpaired) electrons. The summed E-state index contributed by atoms with van der Waals surface area (Å²) in [4.78, 5) is 37.2. The highest BCUT2D eigenvalue weighted by Crippen LogP contribution is 2.19. The second-order valence-electron chi connectivity index (χ2n) is 7.86. The first-order chi connectivity index (χ1) is 16.5. The van der Waals surface area contributed by atoms with E-state index < -0.39 is 0 Å². The Morgan fingerprint density at radius 2 is 1.79 bits per heavy atom. The van der Waals surface area contributed by atoms with Crippen LogP contribution in [0.4, 0.5) is 0 Å². The van der Waals surface area contributed by atoms with Crippen molar-refractivity contribution in [1.82, 2.24) is 25.3 Å². The zero-order valence-corrected chi connectivity index (χ0v) is 18.9. The van der Waals surface area contributed by atoms with E-state index in [2.05, 4.69) is 20.6 Å². The van der Waals surface area contributed by atoms with Gasteiger partial charge < -0.3 is 10.1 Å². The molecule has 2 N–H and O–H groups in total. The van der Waals surface area contributed by atoms with Crippen LogP contribution >= 0.6 is 0 Å². The van der Waals surface area contributed by atoms with Crippen molar-refractivity contribution in [3.63, 3.8) is 0 Å². The molecule has 0 saturated carbocycles. The summed E-state index contributed by atoms with van der Waals surface area (Å²) in [5.41, 5.74) is 1.43. The van der Waals surface area contributed by atoms with Crippen molar-refractivity contribution in [2.24, 2.45) is 0 Å². The third kappa shape index (κ3) is 5.03. The number of carbonyl (C=O) groups is 1. The number of ether oxygens (including phenoxy) is 1. The lowest BCUT2D eigenvalue weighted by molar-refractivity contribution is -0.121. The van der Waals surface area contributed by atoms with E-state index in [9.17, 15) is 14.4 Å². The Morgan fingerprint density at radius 3 is 2.50 bits per heavy atom. The molecule has 0 aliphatic heterocycles. The molecule has 2 heterocycles. The fourth-order valence-electron chi connectivity index (χ4n) is 3.72. The van der Waals surface area contributed by atoms with Crippen molar-refractivity contribution in [3.8, 4) is 17.0 Å². The van der Waals surface area contributed by atoms with Crippen molar-refractivity contribution in [1.29, 1.82) is 0 Å². The monoisotopic (exact) mass is 459 g/mol. The molecular formula is C25H25N5O4. The summed E-state index contributed by atoms with van der Waals surface area (Å²) in [6.07, 6.45) is 0.606. The zero-order chi connectivity index (χ0) is 24.1. The van der Waals surface area contributed by atoms with E-state index in [-0.39, 0.29) is 36.0 Å². The normalized spacial score (nSPS) is 11.8. The Labute approximate surface area is 195 Å². The molecule has 2 aromatic carbocycles. The summed E-state index contributed by atoms with van der Waals surface area (Å²) in [7, 11) is 1.60. The third-order valence-electron chi connectivity index (χ3n) is 5.61. The maximum absolute atomic E-state index is 12.8. The summed E-state index contributed by atoms with van der Waals surface area (Å²) >= 11 is 0. The van der Waals surface area contributed by atoms with Crippen molar-refractivity contribution < 1.29 is 9.53 Å². The largest absolute Gasteiger partial charge is 0.497 e. The van der Waals surface area contributed by atoms with Crippen LogP contribution in [0.2, 0.25) is 0 Å². The molecule has 9 heteroatoms. The number of rotatable bonds is 8. The number of aromatic nitrogens is 4. The molecule has 1 amide bonds. The number of hydrogen-bond acceptors (Lipinski definition) is 6. The van der Waals surface area contributed by atoms with Gasteiger partial charge in [0, 0.05) is 23.1 Å². The molecule has 0 aliphatic rings. The van der Waals surface area contributed by atoms with Crippen molar-refractivity contribution in [3.05, 3.63) is 87.1 Å². The molecule has 9 nitrogen and oxygen atoms in total. The quantitative estimate of drug-likeness (QED) is 0.417. The van der Waals surface area contributed by atoms with Gasteiger partial charge in [-0.1, -0.05) is 25.1 Å². The van der Waals surface area contributed by atoms with Crippen molar-refractivity contribution >= 4 is 16.7 Å². The van der Waals surface area contributed by atoms with E-state index in [4.69, 9.17) is 4.74 Å². The Hall–Kier alpha value is -4.27. The van der Waals surface area contributed by atoms with Crippen molar-refractivity contribution in [2.75, 3.05) is 7.11 Å². The Kier molecular flexibility index (Phi) is 6.82. The Bertz CT molecular complexity index is 1430. The molecular weight excluding hydrogens is 434 g/mol. The number of aromatic amines is 1. The van der Waals surface area contributed by atoms with Crippen LogP contribution in [0.5, 0.6) is 5.75 Å². The second kappa shape index (κ2) is 10.1. The van der Waals surface area contributed by atoms with Crippen molar-refractivity contribution in [2.45, 2.75) is 32.4 Å². The third-order valence-corrected chi connectivity index (χ3v) is 5.61. The van der Waals surface area contributed by atoms with Gasteiger partial charge in [0.25, 0.3) is 11.1 Å². The minimum atomic E-state index is -0.308. The van der Waals surface area contributed by atoms with E-state index >= 15 is 0 Å². The van der Waals surface area contributed by atoms with Gasteiger partial charge in [0.2, 0.25) is 5.91 Å². The van der Waals surface area contributed by atoms with E-state index in [1.54, 1.807) is 37.4 Å². The predicted molar refractivity (Wildman–Crippen MR) is 129 cm³/mol. The van der Waals surface area contributed by atoms with Gasteiger partial charge in [-0.3, -0.25) is 14.4 Å². The zero-order valence-electron chi connectivity index (χ0n) is 18.9. The van der Waals surface area contributed by atoms with Crippen LogP contribution in [-0.2, 0) is 17.8 Å². The first kappa shape index (κ1) is 22.9. The highest BCUT2D eigenvalue weighted by atomic mass is 16.5. The number of amides is 1. The Morgan fingerprint density at radius 1 is 1.06 bits per heavy atom. The Balaban J connectivity index is 1.49. The fraction of sp³-hybridized carbons (Fsp3) is 0.240.